The third-order valence-corrected chi connectivity index (χ3v) is 5.98. The van der Waals surface area contributed by atoms with Crippen molar-refractivity contribution >= 4 is 5.95 Å². The third-order valence-electron chi connectivity index (χ3n) is 5.98. The van der Waals surface area contributed by atoms with Crippen molar-refractivity contribution in [2.75, 3.05) is 25.1 Å². The normalized spacial score (nSPS) is 24.8. The van der Waals surface area contributed by atoms with Gasteiger partial charge in [0.25, 0.3) is 0 Å². The van der Waals surface area contributed by atoms with E-state index in [1.807, 2.05) is 24.3 Å². The molecule has 0 radical (unpaired) electrons. The van der Waals surface area contributed by atoms with Gasteiger partial charge in [0.2, 0.25) is 5.95 Å². The van der Waals surface area contributed by atoms with Crippen LogP contribution in [0, 0.1) is 0 Å². The van der Waals surface area contributed by atoms with Gasteiger partial charge in [0.15, 0.2) is 0 Å². The molecule has 5 rings (SSSR count). The van der Waals surface area contributed by atoms with Gasteiger partial charge in [-0.1, -0.05) is 60.7 Å². The van der Waals surface area contributed by atoms with Crippen LogP contribution in [0.1, 0.15) is 12.0 Å². The minimum atomic E-state index is 0.00982. The van der Waals surface area contributed by atoms with Crippen LogP contribution in [0.25, 0.3) is 11.3 Å². The van der Waals surface area contributed by atoms with Crippen LogP contribution in [0.3, 0.4) is 0 Å². The fourth-order valence-corrected chi connectivity index (χ4v) is 4.39. The number of ether oxygens (including phenoxy) is 2. The molecule has 3 heterocycles. The molecule has 2 saturated heterocycles. The quantitative estimate of drug-likeness (QED) is 0.549. The van der Waals surface area contributed by atoms with Gasteiger partial charge in [-0.3, -0.25) is 0 Å². The number of hydrogen-bond donors (Lipinski definition) is 2. The molecule has 4 atom stereocenters. The van der Waals surface area contributed by atoms with E-state index in [1.54, 1.807) is 6.20 Å². The van der Waals surface area contributed by atoms with E-state index in [2.05, 4.69) is 63.1 Å². The van der Waals surface area contributed by atoms with E-state index in [-0.39, 0.29) is 24.3 Å². The van der Waals surface area contributed by atoms with Crippen molar-refractivity contribution in [2.45, 2.75) is 37.1 Å². The highest BCUT2D eigenvalue weighted by Gasteiger charge is 2.47. The summed E-state index contributed by atoms with van der Waals surface area (Å²) in [5.74, 6) is 0.610. The SMILES string of the molecule is c1ccc(CCCN[C@@H]2CO[C@@H]3[C@@H]2OC[C@@H]3Nc2nccc(-c3ccccc3)n2)cc1. The molecule has 6 nitrogen and oxygen atoms in total. The Morgan fingerprint density at radius 3 is 2.35 bits per heavy atom. The molecular weight excluding hydrogens is 388 g/mol. The van der Waals surface area contributed by atoms with Gasteiger partial charge in [-0.05, 0) is 31.0 Å². The highest BCUT2D eigenvalue weighted by atomic mass is 16.6. The highest BCUT2D eigenvalue weighted by Crippen LogP contribution is 2.29. The van der Waals surface area contributed by atoms with E-state index >= 15 is 0 Å². The zero-order valence-electron chi connectivity index (χ0n) is 17.5. The molecule has 0 unspecified atom stereocenters. The maximum Gasteiger partial charge on any atom is 0.223 e. The summed E-state index contributed by atoms with van der Waals surface area (Å²) in [6, 6.07) is 22.9. The summed E-state index contributed by atoms with van der Waals surface area (Å²) in [5, 5.41) is 7.06. The monoisotopic (exact) mass is 416 g/mol. The summed E-state index contributed by atoms with van der Waals surface area (Å²) >= 11 is 0. The molecule has 0 saturated carbocycles. The topological polar surface area (TPSA) is 68.3 Å². The van der Waals surface area contributed by atoms with Crippen LogP contribution in [0.5, 0.6) is 0 Å². The average molecular weight is 417 g/mol. The first kappa shape index (κ1) is 20.1. The Labute approximate surface area is 183 Å². The Morgan fingerprint density at radius 1 is 0.839 bits per heavy atom. The van der Waals surface area contributed by atoms with E-state index in [1.165, 1.54) is 5.56 Å². The van der Waals surface area contributed by atoms with E-state index < -0.39 is 0 Å². The van der Waals surface area contributed by atoms with Crippen molar-refractivity contribution in [3.8, 4) is 11.3 Å². The Hall–Kier alpha value is -2.80. The molecule has 2 aliphatic rings. The van der Waals surface area contributed by atoms with Gasteiger partial charge in [-0.15, -0.1) is 0 Å². The zero-order chi connectivity index (χ0) is 20.9. The predicted octanol–water partition coefficient (Wildman–Crippen LogP) is 3.31. The maximum atomic E-state index is 6.10. The number of rotatable bonds is 8. The van der Waals surface area contributed by atoms with Crippen LogP contribution >= 0.6 is 0 Å². The van der Waals surface area contributed by atoms with Gasteiger partial charge in [-0.2, -0.15) is 0 Å². The lowest BCUT2D eigenvalue weighted by Gasteiger charge is -2.18. The van der Waals surface area contributed by atoms with Gasteiger partial charge in [-0.25, -0.2) is 9.97 Å². The molecule has 2 aliphatic heterocycles. The van der Waals surface area contributed by atoms with Crippen molar-refractivity contribution in [3.05, 3.63) is 78.5 Å². The maximum absolute atomic E-state index is 6.10. The second kappa shape index (κ2) is 9.56. The number of hydrogen-bond acceptors (Lipinski definition) is 6. The molecular formula is C25H28N4O2. The van der Waals surface area contributed by atoms with Crippen molar-refractivity contribution in [2.24, 2.45) is 0 Å². The molecule has 0 bridgehead atoms. The molecule has 160 valence electrons. The van der Waals surface area contributed by atoms with Crippen molar-refractivity contribution < 1.29 is 9.47 Å². The smallest absolute Gasteiger partial charge is 0.223 e. The number of aromatic nitrogens is 2. The van der Waals surface area contributed by atoms with E-state index in [9.17, 15) is 0 Å². The second-order valence-corrected chi connectivity index (χ2v) is 8.13. The Kier molecular flexibility index (Phi) is 6.20. The number of aryl methyl sites for hydroxylation is 1. The summed E-state index contributed by atoms with van der Waals surface area (Å²) in [7, 11) is 0. The van der Waals surface area contributed by atoms with Crippen LogP contribution < -0.4 is 10.6 Å². The van der Waals surface area contributed by atoms with Gasteiger partial charge < -0.3 is 20.1 Å². The van der Waals surface area contributed by atoms with E-state index in [4.69, 9.17) is 9.47 Å². The fraction of sp³-hybridized carbons (Fsp3) is 0.360. The number of benzene rings is 2. The molecule has 6 heteroatoms. The lowest BCUT2D eigenvalue weighted by Crippen LogP contribution is -2.42. The molecule has 0 spiro atoms. The van der Waals surface area contributed by atoms with Gasteiger partial charge >= 0.3 is 0 Å². The van der Waals surface area contributed by atoms with Crippen LogP contribution in [-0.4, -0.2) is 54.0 Å². The van der Waals surface area contributed by atoms with Crippen LogP contribution in [-0.2, 0) is 15.9 Å². The number of nitrogens with one attached hydrogen (secondary N) is 2. The Morgan fingerprint density at radius 2 is 1.55 bits per heavy atom. The number of anilines is 1. The summed E-state index contributed by atoms with van der Waals surface area (Å²) in [6.07, 6.45) is 4.04. The summed E-state index contributed by atoms with van der Waals surface area (Å²) in [5.41, 5.74) is 3.35. The minimum Gasteiger partial charge on any atom is -0.371 e. The summed E-state index contributed by atoms with van der Waals surface area (Å²) in [6.45, 7) is 2.22. The van der Waals surface area contributed by atoms with E-state index in [0.29, 0.717) is 19.2 Å². The Balaban J connectivity index is 1.14. The van der Waals surface area contributed by atoms with E-state index in [0.717, 1.165) is 30.6 Å². The highest BCUT2D eigenvalue weighted by molar-refractivity contribution is 5.59. The predicted molar refractivity (Wildman–Crippen MR) is 121 cm³/mol. The first-order valence-corrected chi connectivity index (χ1v) is 11.0. The number of nitrogens with zero attached hydrogens (tertiary/aromatic N) is 2. The fourth-order valence-electron chi connectivity index (χ4n) is 4.39. The molecule has 0 amide bonds. The van der Waals surface area contributed by atoms with Crippen LogP contribution in [0.2, 0.25) is 0 Å². The van der Waals surface area contributed by atoms with Gasteiger partial charge in [0, 0.05) is 11.8 Å². The molecule has 2 aromatic carbocycles. The van der Waals surface area contributed by atoms with Gasteiger partial charge in [0.05, 0.1) is 31.0 Å². The zero-order valence-corrected chi connectivity index (χ0v) is 17.5. The molecule has 2 fully saturated rings. The second-order valence-electron chi connectivity index (χ2n) is 8.13. The molecule has 2 N–H and O–H groups in total. The largest absolute Gasteiger partial charge is 0.371 e. The third kappa shape index (κ3) is 4.77. The average Bonchev–Trinajstić information content (AvgIpc) is 3.41. The van der Waals surface area contributed by atoms with Crippen LogP contribution in [0.4, 0.5) is 5.95 Å². The first-order chi connectivity index (χ1) is 15.4. The van der Waals surface area contributed by atoms with Crippen molar-refractivity contribution in [1.82, 2.24) is 15.3 Å². The molecule has 3 aromatic rings. The first-order valence-electron chi connectivity index (χ1n) is 11.0. The number of fused-ring (bicyclic) bond motifs is 1. The Bertz CT molecular complexity index is 970. The summed E-state index contributed by atoms with van der Waals surface area (Å²) in [4.78, 5) is 9.08. The summed E-state index contributed by atoms with van der Waals surface area (Å²) < 4.78 is 12.2. The van der Waals surface area contributed by atoms with Crippen LogP contribution in [0.15, 0.2) is 72.9 Å². The lowest BCUT2D eigenvalue weighted by molar-refractivity contribution is 0.0676. The van der Waals surface area contributed by atoms with Gasteiger partial charge in [0.1, 0.15) is 12.2 Å². The molecule has 0 aliphatic carbocycles. The molecule has 31 heavy (non-hydrogen) atoms. The lowest BCUT2D eigenvalue weighted by atomic mass is 10.1. The standard InChI is InChI=1S/C25H28N4O2/c1-3-8-18(9-4-1)10-7-14-26-21-16-30-24-22(17-31-23(21)24)29-25-27-15-13-20(28-25)19-11-5-2-6-12-19/h1-6,8-9,11-13,15,21-24,26H,7,10,14,16-17H2,(H,27,28,29)/t21-,22+,23-,24+/m1/s1. The molecule has 1 aromatic heterocycles. The van der Waals surface area contributed by atoms with Crippen molar-refractivity contribution in [3.63, 3.8) is 0 Å². The van der Waals surface area contributed by atoms with Crippen molar-refractivity contribution in [1.29, 1.82) is 0 Å². The minimum absolute atomic E-state index is 0.00982.